The van der Waals surface area contributed by atoms with E-state index in [4.69, 9.17) is 9.40 Å². The smallest absolute Gasteiger partial charge is 0.408 e. The maximum Gasteiger partial charge on any atom is 0.417 e. The number of hydrogen-bond donors (Lipinski definition) is 2. The van der Waals surface area contributed by atoms with Gasteiger partial charge in [0.1, 0.15) is 0 Å². The Morgan fingerprint density at radius 1 is 1.14 bits per heavy atom. The van der Waals surface area contributed by atoms with Crippen LogP contribution in [0.25, 0.3) is 11.1 Å². The first-order valence-electron chi connectivity index (χ1n) is 12.7. The highest BCUT2D eigenvalue weighted by atomic mass is 16.4. The molecule has 0 saturated carbocycles. The third-order valence-corrected chi connectivity index (χ3v) is 7.45. The van der Waals surface area contributed by atoms with Gasteiger partial charge in [0.05, 0.1) is 11.2 Å². The number of H-pyrrole nitrogens is 1. The molecule has 4 aromatic rings. The number of benzene rings is 2. The number of anilines is 2. The number of nitrogens with zero attached hydrogens (tertiary/aromatic N) is 4. The molecule has 2 unspecified atom stereocenters. The molecule has 1 fully saturated rings. The molecule has 1 amide bonds. The van der Waals surface area contributed by atoms with Crippen LogP contribution in [0.1, 0.15) is 52.5 Å². The molecule has 2 aromatic heterocycles. The van der Waals surface area contributed by atoms with Crippen molar-refractivity contribution in [3.8, 4) is 0 Å². The van der Waals surface area contributed by atoms with Crippen molar-refractivity contribution >= 4 is 28.6 Å². The summed E-state index contributed by atoms with van der Waals surface area (Å²) in [5.74, 6) is 0.0715. The lowest BCUT2D eigenvalue weighted by molar-refractivity contribution is 0.0460. The van der Waals surface area contributed by atoms with E-state index in [2.05, 4.69) is 59.2 Å². The summed E-state index contributed by atoms with van der Waals surface area (Å²) in [5, 5.41) is 3.35. The molecule has 37 heavy (non-hydrogen) atoms. The summed E-state index contributed by atoms with van der Waals surface area (Å²) >= 11 is 0. The predicted molar refractivity (Wildman–Crippen MR) is 141 cm³/mol. The Bertz CT molecular complexity index is 1540. The number of aromatic nitrogens is 3. The van der Waals surface area contributed by atoms with Crippen molar-refractivity contribution in [3.63, 3.8) is 0 Å². The molecular weight excluding hydrogens is 468 g/mol. The maximum atomic E-state index is 13.3. The monoisotopic (exact) mass is 498 g/mol. The first kappa shape index (κ1) is 23.4. The van der Waals surface area contributed by atoms with E-state index in [1.807, 2.05) is 11.1 Å². The minimum atomic E-state index is -0.516. The van der Waals surface area contributed by atoms with Gasteiger partial charge in [0, 0.05) is 54.7 Å². The fourth-order valence-corrected chi connectivity index (χ4v) is 5.70. The Kier molecular flexibility index (Phi) is 5.79. The Morgan fingerprint density at radius 2 is 1.95 bits per heavy atom. The number of aryl methyl sites for hydroxylation is 2. The van der Waals surface area contributed by atoms with E-state index in [1.54, 1.807) is 18.2 Å². The van der Waals surface area contributed by atoms with Crippen molar-refractivity contribution < 1.29 is 9.21 Å². The van der Waals surface area contributed by atoms with Gasteiger partial charge in [0.2, 0.25) is 5.95 Å². The second kappa shape index (κ2) is 9.15. The van der Waals surface area contributed by atoms with Crippen LogP contribution in [-0.2, 0) is 13.1 Å². The van der Waals surface area contributed by atoms with Crippen LogP contribution in [0.4, 0.5) is 11.6 Å². The van der Waals surface area contributed by atoms with Crippen molar-refractivity contribution in [1.82, 2.24) is 24.8 Å². The molecule has 2 aromatic carbocycles. The zero-order valence-corrected chi connectivity index (χ0v) is 21.2. The Labute approximate surface area is 214 Å². The van der Waals surface area contributed by atoms with Gasteiger partial charge < -0.3 is 14.6 Å². The molecule has 2 aliphatic heterocycles. The van der Waals surface area contributed by atoms with Crippen molar-refractivity contribution in [2.75, 3.05) is 11.9 Å². The van der Waals surface area contributed by atoms with E-state index in [0.29, 0.717) is 35.2 Å². The number of likely N-dealkylation sites (tertiary alicyclic amines) is 1. The van der Waals surface area contributed by atoms with Gasteiger partial charge in [-0.2, -0.15) is 0 Å². The summed E-state index contributed by atoms with van der Waals surface area (Å²) in [6, 6.07) is 11.9. The number of rotatable bonds is 4. The minimum Gasteiger partial charge on any atom is -0.408 e. The largest absolute Gasteiger partial charge is 0.417 e. The molecule has 6 rings (SSSR count). The van der Waals surface area contributed by atoms with Crippen LogP contribution in [-0.4, -0.2) is 49.3 Å². The van der Waals surface area contributed by atoms with Crippen LogP contribution in [0, 0.1) is 13.8 Å². The van der Waals surface area contributed by atoms with E-state index < -0.39 is 5.76 Å². The van der Waals surface area contributed by atoms with Crippen LogP contribution in [0.5, 0.6) is 0 Å². The Morgan fingerprint density at radius 3 is 2.73 bits per heavy atom. The van der Waals surface area contributed by atoms with Gasteiger partial charge in [0.15, 0.2) is 5.58 Å². The van der Waals surface area contributed by atoms with Crippen molar-refractivity contribution in [1.29, 1.82) is 0 Å². The summed E-state index contributed by atoms with van der Waals surface area (Å²) in [6.45, 7) is 8.56. The van der Waals surface area contributed by atoms with E-state index in [0.717, 1.165) is 37.3 Å². The minimum absolute atomic E-state index is 0.0330. The third kappa shape index (κ3) is 4.62. The van der Waals surface area contributed by atoms with Gasteiger partial charge in [0.25, 0.3) is 5.91 Å². The number of piperidine rings is 1. The second-order valence-corrected chi connectivity index (χ2v) is 10.3. The molecule has 2 atom stereocenters. The van der Waals surface area contributed by atoms with Gasteiger partial charge in [-0.25, -0.2) is 14.8 Å². The zero-order chi connectivity index (χ0) is 25.7. The number of aromatic amines is 1. The van der Waals surface area contributed by atoms with Gasteiger partial charge in [-0.1, -0.05) is 6.07 Å². The van der Waals surface area contributed by atoms with Crippen LogP contribution in [0.3, 0.4) is 0 Å². The van der Waals surface area contributed by atoms with Crippen LogP contribution in [0.2, 0.25) is 0 Å². The normalized spacial score (nSPS) is 19.8. The topological polar surface area (TPSA) is 107 Å². The van der Waals surface area contributed by atoms with Gasteiger partial charge in [-0.05, 0) is 75.1 Å². The lowest BCUT2D eigenvalue weighted by atomic mass is 9.96. The summed E-state index contributed by atoms with van der Waals surface area (Å²) < 4.78 is 5.14. The Balaban J connectivity index is 1.11. The molecule has 9 nitrogen and oxygen atoms in total. The lowest BCUT2D eigenvalue weighted by Crippen LogP contribution is -2.50. The standard InChI is InChI=1S/C28H30N6O3/c1-16-8-17(2)10-21(9-16)30-27-29-13-20-14-33(15-24(20)31-27)22-6-7-34(18(3)11-22)26(35)19-4-5-23-25(12-19)37-28(36)32-23/h4-5,8-10,12-13,18,22H,6-7,11,14-15H2,1-3H3,(H,32,36)(H,29,30,31). The molecule has 0 bridgehead atoms. The maximum absolute atomic E-state index is 13.3. The molecule has 0 spiro atoms. The molecule has 9 heteroatoms. The molecule has 0 aliphatic carbocycles. The number of hydrogen-bond acceptors (Lipinski definition) is 7. The summed E-state index contributed by atoms with van der Waals surface area (Å²) in [5.41, 5.74) is 7.16. The molecule has 0 radical (unpaired) electrons. The van der Waals surface area contributed by atoms with Crippen molar-refractivity contribution in [2.45, 2.75) is 58.8 Å². The van der Waals surface area contributed by atoms with E-state index in [-0.39, 0.29) is 11.9 Å². The van der Waals surface area contributed by atoms with Gasteiger partial charge in [-0.3, -0.25) is 14.7 Å². The Hall–Kier alpha value is -3.98. The molecule has 2 N–H and O–H groups in total. The average Bonchev–Trinajstić information content (AvgIpc) is 3.44. The summed E-state index contributed by atoms with van der Waals surface area (Å²) in [7, 11) is 0. The SMILES string of the molecule is Cc1cc(C)cc(Nc2ncc3c(n2)CN(C2CCN(C(=O)c4ccc5[nH]c(=O)oc5c4)C(C)C2)C3)c1. The molecule has 1 saturated heterocycles. The number of carbonyl (C=O) groups is 1. The zero-order valence-electron chi connectivity index (χ0n) is 21.2. The molecule has 2 aliphatic rings. The first-order valence-corrected chi connectivity index (χ1v) is 12.7. The van der Waals surface area contributed by atoms with Crippen molar-refractivity contribution in [2.24, 2.45) is 0 Å². The highest BCUT2D eigenvalue weighted by Gasteiger charge is 2.35. The highest BCUT2D eigenvalue weighted by molar-refractivity contribution is 5.97. The second-order valence-electron chi connectivity index (χ2n) is 10.3. The first-order chi connectivity index (χ1) is 17.8. The third-order valence-electron chi connectivity index (χ3n) is 7.45. The lowest BCUT2D eigenvalue weighted by Gasteiger charge is -2.41. The number of amides is 1. The van der Waals surface area contributed by atoms with Gasteiger partial charge >= 0.3 is 5.76 Å². The average molecular weight is 499 g/mol. The van der Waals surface area contributed by atoms with Crippen LogP contribution >= 0.6 is 0 Å². The quantitative estimate of drug-likeness (QED) is 0.432. The molecule has 190 valence electrons. The summed E-state index contributed by atoms with van der Waals surface area (Å²) in [6.07, 6.45) is 3.72. The predicted octanol–water partition coefficient (Wildman–Crippen LogP) is 4.28. The highest BCUT2D eigenvalue weighted by Crippen LogP contribution is 2.31. The number of fused-ring (bicyclic) bond motifs is 2. The fraction of sp³-hybridized carbons (Fsp3) is 0.357. The van der Waals surface area contributed by atoms with Crippen LogP contribution < -0.4 is 11.1 Å². The summed E-state index contributed by atoms with van der Waals surface area (Å²) in [4.78, 5) is 41.1. The molecular formula is C28H30N6O3. The van der Waals surface area contributed by atoms with Gasteiger partial charge in [-0.15, -0.1) is 0 Å². The van der Waals surface area contributed by atoms with Crippen LogP contribution in [0.15, 0.2) is 51.8 Å². The molecule has 4 heterocycles. The van der Waals surface area contributed by atoms with E-state index >= 15 is 0 Å². The fourth-order valence-electron chi connectivity index (χ4n) is 5.70. The number of oxazole rings is 1. The van der Waals surface area contributed by atoms with E-state index in [9.17, 15) is 9.59 Å². The van der Waals surface area contributed by atoms with E-state index in [1.165, 1.54) is 16.7 Å². The van der Waals surface area contributed by atoms with Crippen molar-refractivity contribution in [3.05, 3.63) is 81.1 Å². The number of carbonyl (C=O) groups excluding carboxylic acids is 1. The number of nitrogens with one attached hydrogen (secondary N) is 2.